The van der Waals surface area contributed by atoms with Gasteiger partial charge in [0.25, 0.3) is 5.91 Å². The van der Waals surface area contributed by atoms with Gasteiger partial charge in [-0.3, -0.25) is 4.79 Å². The Labute approximate surface area is 131 Å². The van der Waals surface area contributed by atoms with E-state index < -0.39 is 0 Å². The Morgan fingerprint density at radius 2 is 2.23 bits per heavy atom. The first kappa shape index (κ1) is 15.4. The molecule has 3 rings (SSSR count). The summed E-state index contributed by atoms with van der Waals surface area (Å²) in [5, 5.41) is 11.5. The lowest BCUT2D eigenvalue weighted by molar-refractivity contribution is -0.000293. The van der Waals surface area contributed by atoms with Crippen LogP contribution in [0.25, 0.3) is 0 Å². The van der Waals surface area contributed by atoms with E-state index in [1.165, 1.54) is 6.42 Å². The second-order valence-corrected chi connectivity index (χ2v) is 6.24. The lowest BCUT2D eigenvalue weighted by Gasteiger charge is -2.27. The summed E-state index contributed by atoms with van der Waals surface area (Å²) < 4.78 is 7.54. The van der Waals surface area contributed by atoms with E-state index >= 15 is 0 Å². The zero-order valence-electron chi connectivity index (χ0n) is 13.2. The van der Waals surface area contributed by atoms with Crippen LogP contribution in [0.15, 0.2) is 6.20 Å². The zero-order chi connectivity index (χ0) is 15.4. The van der Waals surface area contributed by atoms with Gasteiger partial charge in [0.1, 0.15) is 0 Å². The van der Waals surface area contributed by atoms with Gasteiger partial charge in [0.15, 0.2) is 5.69 Å². The maximum absolute atomic E-state index is 12.5. The predicted octanol–water partition coefficient (Wildman–Crippen LogP) is 0.844. The van der Waals surface area contributed by atoms with E-state index in [1.807, 2.05) is 11.7 Å². The summed E-state index contributed by atoms with van der Waals surface area (Å²) >= 11 is 0. The average Bonchev–Trinajstić information content (AvgIpc) is 3.06. The van der Waals surface area contributed by atoms with Crippen molar-refractivity contribution >= 4 is 5.91 Å². The van der Waals surface area contributed by atoms with Gasteiger partial charge in [-0.15, -0.1) is 5.10 Å². The molecule has 2 aliphatic heterocycles. The van der Waals surface area contributed by atoms with E-state index in [9.17, 15) is 4.79 Å². The molecule has 7 nitrogen and oxygen atoms in total. The van der Waals surface area contributed by atoms with Crippen LogP contribution in [0.5, 0.6) is 0 Å². The predicted molar refractivity (Wildman–Crippen MR) is 81.7 cm³/mol. The largest absolute Gasteiger partial charge is 0.376 e. The number of amides is 1. The molecule has 2 aliphatic rings. The van der Waals surface area contributed by atoms with E-state index in [2.05, 4.69) is 15.6 Å². The van der Waals surface area contributed by atoms with Crippen molar-refractivity contribution in [3.63, 3.8) is 0 Å². The number of nitrogens with zero attached hydrogens (tertiary/aromatic N) is 4. The van der Waals surface area contributed by atoms with Crippen molar-refractivity contribution in [2.45, 2.75) is 44.2 Å². The fraction of sp³-hybridized carbons (Fsp3) is 0.800. The highest BCUT2D eigenvalue weighted by Crippen LogP contribution is 2.18. The first-order valence-corrected chi connectivity index (χ1v) is 8.23. The highest BCUT2D eigenvalue weighted by atomic mass is 16.5. The molecule has 22 heavy (non-hydrogen) atoms. The third-order valence-electron chi connectivity index (χ3n) is 4.51. The fourth-order valence-electron chi connectivity index (χ4n) is 3.16. The molecule has 2 fully saturated rings. The topological polar surface area (TPSA) is 72.3 Å². The van der Waals surface area contributed by atoms with Crippen molar-refractivity contribution in [3.8, 4) is 0 Å². The Hall–Kier alpha value is -1.47. The smallest absolute Gasteiger partial charge is 0.275 e. The molecule has 122 valence electrons. The van der Waals surface area contributed by atoms with Crippen LogP contribution < -0.4 is 5.32 Å². The highest BCUT2D eigenvalue weighted by molar-refractivity contribution is 5.91. The third-order valence-corrected chi connectivity index (χ3v) is 4.51. The number of aromatic nitrogens is 3. The van der Waals surface area contributed by atoms with Crippen LogP contribution in [0.3, 0.4) is 0 Å². The Morgan fingerprint density at radius 3 is 2.95 bits per heavy atom. The molecule has 1 aromatic rings. The van der Waals surface area contributed by atoms with Crippen LogP contribution in [0.1, 0.15) is 48.6 Å². The first-order valence-electron chi connectivity index (χ1n) is 8.23. The number of likely N-dealkylation sites (N-methyl/N-ethyl adjacent to an activating group) is 1. The Morgan fingerprint density at radius 1 is 1.41 bits per heavy atom. The second kappa shape index (κ2) is 7.19. The normalized spacial score (nSPS) is 23.4. The lowest BCUT2D eigenvalue weighted by Crippen LogP contribution is -2.37. The van der Waals surface area contributed by atoms with Gasteiger partial charge < -0.3 is 15.0 Å². The SMILES string of the molecule is CN(CC1CCCCO1)C(=O)c1cn(C2CCNCC2)nn1. The zero-order valence-corrected chi connectivity index (χ0v) is 13.2. The molecule has 0 saturated carbocycles. The average molecular weight is 307 g/mol. The summed E-state index contributed by atoms with van der Waals surface area (Å²) in [5.41, 5.74) is 0.428. The van der Waals surface area contributed by atoms with Gasteiger partial charge in [0, 0.05) is 20.2 Å². The summed E-state index contributed by atoms with van der Waals surface area (Å²) in [6.45, 7) is 3.41. The highest BCUT2D eigenvalue weighted by Gasteiger charge is 2.23. The third kappa shape index (κ3) is 3.64. The summed E-state index contributed by atoms with van der Waals surface area (Å²) in [7, 11) is 1.81. The standard InChI is InChI=1S/C15H25N5O2/c1-19(10-13-4-2-3-9-22-13)15(21)14-11-20(18-17-14)12-5-7-16-8-6-12/h11-13,16H,2-10H2,1H3. The number of hydrogen-bond donors (Lipinski definition) is 1. The Kier molecular flexibility index (Phi) is 5.04. The number of carbonyl (C=O) groups is 1. The molecular formula is C15H25N5O2. The number of hydrogen-bond acceptors (Lipinski definition) is 5. The second-order valence-electron chi connectivity index (χ2n) is 6.24. The molecule has 0 bridgehead atoms. The van der Waals surface area contributed by atoms with Gasteiger partial charge in [0.05, 0.1) is 18.3 Å². The number of carbonyl (C=O) groups excluding carboxylic acids is 1. The molecule has 0 aliphatic carbocycles. The minimum Gasteiger partial charge on any atom is -0.376 e. The number of nitrogens with one attached hydrogen (secondary N) is 1. The lowest BCUT2D eigenvalue weighted by atomic mass is 10.1. The van der Waals surface area contributed by atoms with Crippen molar-refractivity contribution < 1.29 is 9.53 Å². The van der Waals surface area contributed by atoms with Gasteiger partial charge in [0.2, 0.25) is 0 Å². The quantitative estimate of drug-likeness (QED) is 0.892. The molecule has 0 radical (unpaired) electrons. The monoisotopic (exact) mass is 307 g/mol. The van der Waals surface area contributed by atoms with Crippen LogP contribution in [0, 0.1) is 0 Å². The molecule has 1 unspecified atom stereocenters. The van der Waals surface area contributed by atoms with Gasteiger partial charge in [-0.05, 0) is 45.2 Å². The minimum absolute atomic E-state index is 0.0747. The summed E-state index contributed by atoms with van der Waals surface area (Å²) in [6, 6.07) is 0.349. The van der Waals surface area contributed by atoms with Crippen LogP contribution in [0.4, 0.5) is 0 Å². The van der Waals surface area contributed by atoms with Crippen molar-refractivity contribution in [2.75, 3.05) is 33.3 Å². The van der Waals surface area contributed by atoms with Crippen LogP contribution >= 0.6 is 0 Å². The van der Waals surface area contributed by atoms with Crippen LogP contribution in [-0.2, 0) is 4.74 Å². The van der Waals surface area contributed by atoms with E-state index in [-0.39, 0.29) is 12.0 Å². The van der Waals surface area contributed by atoms with Gasteiger partial charge in [-0.1, -0.05) is 5.21 Å². The van der Waals surface area contributed by atoms with E-state index in [4.69, 9.17) is 4.74 Å². The maximum atomic E-state index is 12.5. The van der Waals surface area contributed by atoms with Gasteiger partial charge >= 0.3 is 0 Å². The molecule has 1 aromatic heterocycles. The molecular weight excluding hydrogens is 282 g/mol. The van der Waals surface area contributed by atoms with E-state index in [0.717, 1.165) is 45.4 Å². The molecule has 1 amide bonds. The molecule has 3 heterocycles. The summed E-state index contributed by atoms with van der Waals surface area (Å²) in [5.74, 6) is -0.0747. The van der Waals surface area contributed by atoms with Gasteiger partial charge in [-0.2, -0.15) is 0 Å². The molecule has 0 aromatic carbocycles. The number of ether oxygens (including phenoxy) is 1. The van der Waals surface area contributed by atoms with Crippen molar-refractivity contribution in [1.82, 2.24) is 25.2 Å². The molecule has 7 heteroatoms. The van der Waals surface area contributed by atoms with E-state index in [0.29, 0.717) is 18.3 Å². The fourth-order valence-corrected chi connectivity index (χ4v) is 3.16. The Balaban J connectivity index is 1.58. The van der Waals surface area contributed by atoms with Gasteiger partial charge in [-0.25, -0.2) is 4.68 Å². The first-order chi connectivity index (χ1) is 10.7. The van der Waals surface area contributed by atoms with Crippen LogP contribution in [0.2, 0.25) is 0 Å². The number of rotatable bonds is 4. The summed E-state index contributed by atoms with van der Waals surface area (Å²) in [4.78, 5) is 14.2. The Bertz CT molecular complexity index is 492. The molecule has 0 spiro atoms. The minimum atomic E-state index is -0.0747. The number of piperidine rings is 1. The molecule has 1 atom stereocenters. The summed E-state index contributed by atoms with van der Waals surface area (Å²) in [6.07, 6.45) is 7.33. The van der Waals surface area contributed by atoms with E-state index in [1.54, 1.807) is 11.1 Å². The van der Waals surface area contributed by atoms with Crippen molar-refractivity contribution in [3.05, 3.63) is 11.9 Å². The van der Waals surface area contributed by atoms with Crippen molar-refractivity contribution in [1.29, 1.82) is 0 Å². The molecule has 2 saturated heterocycles. The van der Waals surface area contributed by atoms with Crippen LogP contribution in [-0.4, -0.2) is 65.2 Å². The van der Waals surface area contributed by atoms with Crippen molar-refractivity contribution in [2.24, 2.45) is 0 Å². The molecule has 1 N–H and O–H groups in total. The maximum Gasteiger partial charge on any atom is 0.275 e.